The van der Waals surface area contributed by atoms with Crippen molar-refractivity contribution >= 4 is 11.8 Å². The first-order valence-corrected chi connectivity index (χ1v) is 6.96. The van der Waals surface area contributed by atoms with Gasteiger partial charge in [-0.05, 0) is 26.0 Å². The summed E-state index contributed by atoms with van der Waals surface area (Å²) in [5, 5.41) is 12.9. The van der Waals surface area contributed by atoms with E-state index in [0.29, 0.717) is 24.5 Å². The maximum Gasteiger partial charge on any atom is 0.0897 e. The van der Waals surface area contributed by atoms with Crippen LogP contribution in [0.1, 0.15) is 26.2 Å². The number of hydrogen-bond acceptors (Lipinski definition) is 4. The van der Waals surface area contributed by atoms with Crippen LogP contribution in [0.2, 0.25) is 0 Å². The van der Waals surface area contributed by atoms with E-state index in [4.69, 9.17) is 4.74 Å². The fraction of sp³-hybridized carbons (Fsp3) is 1.00. The summed E-state index contributed by atoms with van der Waals surface area (Å²) in [4.78, 5) is 0. The molecule has 0 aromatic heterocycles. The van der Waals surface area contributed by atoms with Crippen molar-refractivity contribution in [1.29, 1.82) is 0 Å². The molecule has 1 fully saturated rings. The van der Waals surface area contributed by atoms with E-state index in [2.05, 4.69) is 11.6 Å². The van der Waals surface area contributed by atoms with Crippen LogP contribution in [0.5, 0.6) is 0 Å². The van der Waals surface area contributed by atoms with Crippen molar-refractivity contribution in [3.8, 4) is 0 Å². The van der Waals surface area contributed by atoms with Crippen molar-refractivity contribution in [2.75, 3.05) is 32.6 Å². The number of ether oxygens (including phenoxy) is 1. The van der Waals surface area contributed by atoms with Crippen molar-refractivity contribution in [2.24, 2.45) is 0 Å². The van der Waals surface area contributed by atoms with Gasteiger partial charge in [0.1, 0.15) is 0 Å². The van der Waals surface area contributed by atoms with Crippen LogP contribution in [0, 0.1) is 0 Å². The van der Waals surface area contributed by atoms with Gasteiger partial charge in [-0.3, -0.25) is 0 Å². The lowest BCUT2D eigenvalue weighted by atomic mass is 9.84. The summed E-state index contributed by atoms with van der Waals surface area (Å²) in [6, 6.07) is 0. The Hall–Kier alpha value is 0.230. The SMILES string of the molecule is CCOCC(O)CNCC1(SC)CCC1. The van der Waals surface area contributed by atoms with Crippen molar-refractivity contribution < 1.29 is 9.84 Å². The first-order valence-electron chi connectivity index (χ1n) is 5.74. The highest BCUT2D eigenvalue weighted by Gasteiger charge is 2.35. The van der Waals surface area contributed by atoms with Gasteiger partial charge in [-0.25, -0.2) is 0 Å². The molecule has 90 valence electrons. The molecule has 0 saturated heterocycles. The number of rotatable bonds is 8. The van der Waals surface area contributed by atoms with Crippen molar-refractivity contribution in [2.45, 2.75) is 37.0 Å². The van der Waals surface area contributed by atoms with Crippen molar-refractivity contribution in [3.63, 3.8) is 0 Å². The highest BCUT2D eigenvalue weighted by Crippen LogP contribution is 2.42. The molecule has 0 aromatic rings. The van der Waals surface area contributed by atoms with Gasteiger partial charge in [0.15, 0.2) is 0 Å². The number of thioether (sulfide) groups is 1. The quantitative estimate of drug-likeness (QED) is 0.662. The Morgan fingerprint density at radius 1 is 1.53 bits per heavy atom. The second-order valence-corrected chi connectivity index (χ2v) is 5.46. The van der Waals surface area contributed by atoms with Gasteiger partial charge in [0.25, 0.3) is 0 Å². The van der Waals surface area contributed by atoms with E-state index in [-0.39, 0.29) is 6.10 Å². The first-order chi connectivity index (χ1) is 7.22. The van der Waals surface area contributed by atoms with E-state index >= 15 is 0 Å². The molecule has 15 heavy (non-hydrogen) atoms. The van der Waals surface area contributed by atoms with Crippen LogP contribution in [0.15, 0.2) is 0 Å². The van der Waals surface area contributed by atoms with Gasteiger partial charge >= 0.3 is 0 Å². The molecule has 4 heteroatoms. The Kier molecular flexibility index (Phi) is 5.97. The number of aliphatic hydroxyl groups is 1. The summed E-state index contributed by atoms with van der Waals surface area (Å²) in [7, 11) is 0. The van der Waals surface area contributed by atoms with Crippen LogP contribution in [0.4, 0.5) is 0 Å². The van der Waals surface area contributed by atoms with E-state index in [9.17, 15) is 5.11 Å². The van der Waals surface area contributed by atoms with Gasteiger partial charge in [0.05, 0.1) is 12.7 Å². The average Bonchev–Trinajstić information content (AvgIpc) is 2.19. The molecule has 1 unspecified atom stereocenters. The molecule has 1 aliphatic carbocycles. The fourth-order valence-corrected chi connectivity index (χ4v) is 2.75. The highest BCUT2D eigenvalue weighted by molar-refractivity contribution is 8.00. The minimum atomic E-state index is -0.371. The molecule has 0 bridgehead atoms. The van der Waals surface area contributed by atoms with E-state index in [1.54, 1.807) is 0 Å². The van der Waals surface area contributed by atoms with Gasteiger partial charge in [-0.1, -0.05) is 6.42 Å². The van der Waals surface area contributed by atoms with Gasteiger partial charge in [-0.2, -0.15) is 11.8 Å². The lowest BCUT2D eigenvalue weighted by molar-refractivity contribution is 0.0422. The molecule has 0 aliphatic heterocycles. The zero-order valence-electron chi connectivity index (χ0n) is 9.79. The lowest BCUT2D eigenvalue weighted by Crippen LogP contribution is -2.45. The molecule has 3 nitrogen and oxygen atoms in total. The number of hydrogen-bond donors (Lipinski definition) is 2. The maximum absolute atomic E-state index is 9.55. The summed E-state index contributed by atoms with van der Waals surface area (Å²) >= 11 is 1.95. The largest absolute Gasteiger partial charge is 0.389 e. The topological polar surface area (TPSA) is 41.5 Å². The average molecular weight is 233 g/mol. The molecule has 1 rings (SSSR count). The molecule has 0 spiro atoms. The van der Waals surface area contributed by atoms with Gasteiger partial charge in [-0.15, -0.1) is 0 Å². The molecule has 1 atom stereocenters. The molecule has 0 amide bonds. The maximum atomic E-state index is 9.55. The molecule has 0 radical (unpaired) electrons. The second-order valence-electron chi connectivity index (χ2n) is 4.18. The summed E-state index contributed by atoms with van der Waals surface area (Å²) in [5.41, 5.74) is 0. The van der Waals surface area contributed by atoms with E-state index in [1.165, 1.54) is 19.3 Å². The Bertz CT molecular complexity index is 168. The standard InChI is InChI=1S/C11H23NO2S/c1-3-14-8-10(13)7-12-9-11(15-2)5-4-6-11/h10,12-13H,3-9H2,1-2H3. The summed E-state index contributed by atoms with van der Waals surface area (Å²) < 4.78 is 5.60. The Balaban J connectivity index is 2.04. The van der Waals surface area contributed by atoms with Gasteiger partial charge in [0.2, 0.25) is 0 Å². The minimum Gasteiger partial charge on any atom is -0.389 e. The van der Waals surface area contributed by atoms with E-state index in [1.807, 2.05) is 18.7 Å². The lowest BCUT2D eigenvalue weighted by Gasteiger charge is -2.40. The molecule has 0 aromatic carbocycles. The zero-order chi connectivity index (χ0) is 11.1. The van der Waals surface area contributed by atoms with E-state index in [0.717, 1.165) is 6.54 Å². The molecule has 1 saturated carbocycles. The number of nitrogens with one attached hydrogen (secondary N) is 1. The van der Waals surface area contributed by atoms with Crippen LogP contribution in [-0.2, 0) is 4.74 Å². The third kappa shape index (κ3) is 4.31. The zero-order valence-corrected chi connectivity index (χ0v) is 10.6. The monoisotopic (exact) mass is 233 g/mol. The normalized spacial score (nSPS) is 21.0. The summed E-state index contributed by atoms with van der Waals surface area (Å²) in [6.07, 6.45) is 5.77. The van der Waals surface area contributed by atoms with Crippen molar-refractivity contribution in [1.82, 2.24) is 5.32 Å². The molecule has 1 aliphatic rings. The van der Waals surface area contributed by atoms with Gasteiger partial charge < -0.3 is 15.2 Å². The predicted octanol–water partition coefficient (Wildman–Crippen LogP) is 1.26. The molecule has 2 N–H and O–H groups in total. The van der Waals surface area contributed by atoms with Crippen molar-refractivity contribution in [3.05, 3.63) is 0 Å². The van der Waals surface area contributed by atoms with Crippen LogP contribution in [0.3, 0.4) is 0 Å². The van der Waals surface area contributed by atoms with Crippen LogP contribution < -0.4 is 5.32 Å². The van der Waals surface area contributed by atoms with Gasteiger partial charge in [0, 0.05) is 24.4 Å². The molecular formula is C11H23NO2S. The van der Waals surface area contributed by atoms with Crippen LogP contribution >= 0.6 is 11.8 Å². The second kappa shape index (κ2) is 6.74. The summed E-state index contributed by atoms with van der Waals surface area (Å²) in [5.74, 6) is 0. The third-order valence-corrected chi connectivity index (χ3v) is 4.46. The minimum absolute atomic E-state index is 0.371. The van der Waals surface area contributed by atoms with Crippen LogP contribution in [-0.4, -0.2) is 48.5 Å². The fourth-order valence-electron chi connectivity index (χ4n) is 1.80. The predicted molar refractivity (Wildman–Crippen MR) is 65.5 cm³/mol. The molecular weight excluding hydrogens is 210 g/mol. The van der Waals surface area contributed by atoms with Crippen LogP contribution in [0.25, 0.3) is 0 Å². The molecule has 0 heterocycles. The smallest absolute Gasteiger partial charge is 0.0897 e. The highest BCUT2D eigenvalue weighted by atomic mass is 32.2. The van der Waals surface area contributed by atoms with E-state index < -0.39 is 0 Å². The first kappa shape index (κ1) is 13.3. The third-order valence-electron chi connectivity index (χ3n) is 3.04. The number of aliphatic hydroxyl groups excluding tert-OH is 1. The Morgan fingerprint density at radius 2 is 2.27 bits per heavy atom. The Labute approximate surface area is 97.0 Å². The summed E-state index contributed by atoms with van der Waals surface area (Å²) in [6.45, 7) is 4.71. The Morgan fingerprint density at radius 3 is 2.73 bits per heavy atom.